The van der Waals surface area contributed by atoms with E-state index >= 15 is 0 Å². The molecule has 3 aliphatic rings. The first-order chi connectivity index (χ1) is 26.0. The van der Waals surface area contributed by atoms with Gasteiger partial charge in [0, 0.05) is 13.5 Å². The zero-order chi connectivity index (χ0) is 43.4. The molecule has 0 aromatic rings. The van der Waals surface area contributed by atoms with E-state index < -0.39 is 172 Å². The minimum Gasteiger partial charge on any atom is -0.735 e. The van der Waals surface area contributed by atoms with E-state index in [1.165, 1.54) is 9.44 Å². The van der Waals surface area contributed by atoms with Gasteiger partial charge >= 0.3 is 0 Å². The Balaban J connectivity index is 1.94. The first-order valence-corrected chi connectivity index (χ1v) is 20.9. The molecular formula is C22H34N3O28S4-5. The summed E-state index contributed by atoms with van der Waals surface area (Å²) in [4.78, 5) is 24.1. The maximum Gasteiger partial charge on any atom is 0.217 e. The predicted molar refractivity (Wildman–Crippen MR) is 160 cm³/mol. The van der Waals surface area contributed by atoms with Crippen LogP contribution in [-0.2, 0) is 87.8 Å². The number of carbonyl (C=O) groups is 2. The molecule has 0 aliphatic carbocycles. The minimum absolute atomic E-state index is 0.837. The lowest BCUT2D eigenvalue weighted by molar-refractivity contribution is -0.381. The van der Waals surface area contributed by atoms with Crippen LogP contribution in [0.15, 0.2) is 0 Å². The molecule has 3 saturated heterocycles. The summed E-state index contributed by atoms with van der Waals surface area (Å²) in [5.41, 5.74) is 0. The summed E-state index contributed by atoms with van der Waals surface area (Å²) in [6.07, 6.45) is -30.6. The number of hydrogen-bond donors (Lipinski definition) is 8. The van der Waals surface area contributed by atoms with E-state index in [1.54, 1.807) is 0 Å². The normalized spacial score (nSPS) is 37.1. The van der Waals surface area contributed by atoms with E-state index in [-0.39, 0.29) is 0 Å². The zero-order valence-corrected chi connectivity index (χ0v) is 31.5. The van der Waals surface area contributed by atoms with Crippen LogP contribution in [0, 0.1) is 0 Å². The van der Waals surface area contributed by atoms with Gasteiger partial charge < -0.3 is 87.4 Å². The summed E-state index contributed by atoms with van der Waals surface area (Å²) in [6.45, 7) is -3.58. The number of ether oxygens (including phenoxy) is 6. The lowest BCUT2D eigenvalue weighted by Gasteiger charge is -2.49. The Morgan fingerprint density at radius 1 is 0.649 bits per heavy atom. The molecule has 3 aliphatic heterocycles. The number of carboxylic acid groups (broad SMARTS) is 1. The topological polar surface area (TPSA) is 497 Å². The molecule has 15 atom stereocenters. The number of carboxylic acids is 1. The first kappa shape index (κ1) is 49.3. The highest BCUT2D eigenvalue weighted by molar-refractivity contribution is 7.84. The van der Waals surface area contributed by atoms with Crippen LogP contribution in [0.4, 0.5) is 0 Å². The summed E-state index contributed by atoms with van der Waals surface area (Å²) in [5.74, 6) is -3.25. The molecule has 0 bridgehead atoms. The van der Waals surface area contributed by atoms with E-state index in [1.807, 2.05) is 0 Å². The third-order valence-electron chi connectivity index (χ3n) is 7.80. The van der Waals surface area contributed by atoms with Gasteiger partial charge in [0.2, 0.25) is 26.7 Å². The van der Waals surface area contributed by atoms with Crippen molar-refractivity contribution in [3.05, 3.63) is 0 Å². The smallest absolute Gasteiger partial charge is 0.217 e. The number of aliphatic hydroxyl groups excluding tert-OH is 5. The molecule has 0 spiro atoms. The molecular weight excluding hydrogens is 883 g/mol. The zero-order valence-electron chi connectivity index (χ0n) is 28.2. The average molecular weight is 917 g/mol. The van der Waals surface area contributed by atoms with Crippen LogP contribution in [0.5, 0.6) is 0 Å². The van der Waals surface area contributed by atoms with Gasteiger partial charge in [-0.05, 0) is 0 Å². The highest BCUT2D eigenvalue weighted by Gasteiger charge is 2.55. The molecule has 0 aromatic carbocycles. The van der Waals surface area contributed by atoms with Crippen LogP contribution in [0.2, 0.25) is 0 Å². The van der Waals surface area contributed by atoms with Crippen LogP contribution < -0.4 is 19.9 Å². The van der Waals surface area contributed by atoms with E-state index in [9.17, 15) is 92.1 Å². The Labute approximate surface area is 321 Å². The van der Waals surface area contributed by atoms with E-state index in [2.05, 4.69) is 13.7 Å². The van der Waals surface area contributed by atoms with Gasteiger partial charge in [0.15, 0.2) is 39.5 Å². The Bertz CT molecular complexity index is 1830. The second-order valence-corrected chi connectivity index (χ2v) is 16.4. The Hall–Kier alpha value is -2.02. The van der Waals surface area contributed by atoms with Crippen molar-refractivity contribution >= 4 is 53.3 Å². The first-order valence-electron chi connectivity index (χ1n) is 15.4. The van der Waals surface area contributed by atoms with Crippen molar-refractivity contribution in [2.75, 3.05) is 26.4 Å². The van der Waals surface area contributed by atoms with Gasteiger partial charge in [-0.1, -0.05) is 0 Å². The Morgan fingerprint density at radius 2 is 1.19 bits per heavy atom. The number of aliphatic hydroxyl groups is 5. The van der Waals surface area contributed by atoms with Gasteiger partial charge in [-0.2, -0.15) is 0 Å². The van der Waals surface area contributed by atoms with Crippen molar-refractivity contribution in [3.8, 4) is 0 Å². The number of amides is 1. The highest BCUT2D eigenvalue weighted by Crippen LogP contribution is 2.33. The van der Waals surface area contributed by atoms with Gasteiger partial charge in [-0.15, -0.1) is 0 Å². The van der Waals surface area contributed by atoms with E-state index in [0.29, 0.717) is 0 Å². The summed E-state index contributed by atoms with van der Waals surface area (Å²) in [6, 6.07) is -4.21. The molecule has 3 rings (SSSR count). The Kier molecular flexibility index (Phi) is 16.9. The van der Waals surface area contributed by atoms with Gasteiger partial charge in [0.1, 0.15) is 73.1 Å². The number of rotatable bonds is 19. The molecule has 0 unspecified atom stereocenters. The predicted octanol–water partition coefficient (Wildman–Crippen LogP) is -11.6. The number of hydrogen-bond acceptors (Lipinski definition) is 28. The average Bonchev–Trinajstić information content (AvgIpc) is 3.04. The van der Waals surface area contributed by atoms with Crippen molar-refractivity contribution in [2.45, 2.75) is 98.9 Å². The van der Waals surface area contributed by atoms with Gasteiger partial charge in [-0.25, -0.2) is 43.1 Å². The largest absolute Gasteiger partial charge is 0.735 e. The third kappa shape index (κ3) is 14.9. The number of aliphatic carboxylic acids is 1. The summed E-state index contributed by atoms with van der Waals surface area (Å²) >= 11 is 0. The maximum atomic E-state index is 12.3. The lowest BCUT2D eigenvalue weighted by atomic mass is 9.94. The van der Waals surface area contributed by atoms with E-state index in [4.69, 9.17) is 28.4 Å². The molecule has 3 fully saturated rings. The van der Waals surface area contributed by atoms with Crippen molar-refractivity contribution in [1.82, 2.24) is 14.8 Å². The SMILES string of the molecule is CC(=O)N[C@H]1[C@@H](O[C@H]2[C@H](O)[C@@H](O)[C@H](O[C@H]3[C@H](O)[C@@H](NS(=O)(=O)[O-])[C@@H](OCCNS(=O)(=O)[O-])O[C@@H]3COS(=O)(=O)[O-])O[C@@H]2C(=O)[O-])O[C@H](COS(=O)(=O)[O-])[C@@H](O)[C@@H]1O. The van der Waals surface area contributed by atoms with Crippen LogP contribution >= 0.6 is 0 Å². The second kappa shape index (κ2) is 19.6. The summed E-state index contributed by atoms with van der Waals surface area (Å²) in [5, 5.41) is 68.5. The van der Waals surface area contributed by atoms with E-state index in [0.717, 1.165) is 6.92 Å². The molecule has 0 saturated carbocycles. The fraction of sp³-hybridized carbons (Fsp3) is 0.909. The Morgan fingerprint density at radius 3 is 1.70 bits per heavy atom. The van der Waals surface area contributed by atoms with Crippen LogP contribution in [0.3, 0.4) is 0 Å². The van der Waals surface area contributed by atoms with Crippen molar-refractivity contribution < 1.29 is 129 Å². The fourth-order valence-corrected chi connectivity index (χ4v) is 6.99. The quantitative estimate of drug-likeness (QED) is 0.0339. The lowest BCUT2D eigenvalue weighted by Crippen LogP contribution is -2.70. The van der Waals surface area contributed by atoms with Crippen LogP contribution in [0.1, 0.15) is 6.92 Å². The molecule has 57 heavy (non-hydrogen) atoms. The van der Waals surface area contributed by atoms with Crippen molar-refractivity contribution in [1.29, 1.82) is 0 Å². The van der Waals surface area contributed by atoms with Gasteiger partial charge in [0.05, 0.1) is 25.8 Å². The van der Waals surface area contributed by atoms with Gasteiger partial charge in [0.25, 0.3) is 0 Å². The monoisotopic (exact) mass is 916 g/mol. The van der Waals surface area contributed by atoms with Crippen molar-refractivity contribution in [2.24, 2.45) is 0 Å². The van der Waals surface area contributed by atoms with Crippen LogP contribution in [0.25, 0.3) is 0 Å². The molecule has 31 nitrogen and oxygen atoms in total. The fourth-order valence-electron chi connectivity index (χ4n) is 5.47. The molecule has 3 heterocycles. The standard InChI is InChI=1S/C22H39N3O28S4/c1-6(26)24-9-12(28)11(27)7(4-47-56(40,41)42)49-21(9)52-17-14(30)15(31)22(53-18(17)19(32)33)51-16-8(5-48-57(43,44)45)50-20(46-3-2-23-54(34,35)36)10(13(16)29)25-55(37,38)39/h7-18,20-23,25,27-31H,2-5H2,1H3,(H,24,26)(H,32,33)(H,34,35,36)(H,37,38,39)(H,40,41,42)(H,43,44,45)/p-5/t7-,8-,9-,10-,11-,12-,13-,14-,15-,16-,17+,18+,20+,21-,22-/m1/s1. The molecule has 334 valence electrons. The van der Waals surface area contributed by atoms with Gasteiger partial charge in [-0.3, -0.25) is 13.2 Å². The molecule has 0 aromatic heterocycles. The second-order valence-electron chi connectivity index (χ2n) is 11.9. The highest BCUT2D eigenvalue weighted by atomic mass is 32.3. The minimum atomic E-state index is -5.62. The summed E-state index contributed by atoms with van der Waals surface area (Å²) < 4.78 is 176. The summed E-state index contributed by atoms with van der Waals surface area (Å²) in [7, 11) is -21.7. The third-order valence-corrected chi connectivity index (χ3v) is 9.77. The van der Waals surface area contributed by atoms with Crippen LogP contribution in [-0.4, -0.2) is 208 Å². The molecule has 1 amide bonds. The molecule has 35 heteroatoms. The maximum absolute atomic E-state index is 12.3. The van der Waals surface area contributed by atoms with Crippen molar-refractivity contribution in [3.63, 3.8) is 0 Å². The number of carbonyl (C=O) groups excluding carboxylic acids is 2. The number of nitrogens with one attached hydrogen (secondary N) is 3. The molecule has 8 N–H and O–H groups in total. The molecule has 0 radical (unpaired) electrons.